The molecule has 0 saturated heterocycles. The highest BCUT2D eigenvalue weighted by molar-refractivity contribution is 6.99. The van der Waals surface area contributed by atoms with Crippen molar-refractivity contribution in [2.75, 3.05) is 0 Å². The predicted octanol–water partition coefficient (Wildman–Crippen LogP) is 5.62. The van der Waals surface area contributed by atoms with Gasteiger partial charge in [-0.15, -0.1) is 0 Å². The van der Waals surface area contributed by atoms with E-state index in [1.165, 1.54) is 49.3 Å². The smallest absolute Gasteiger partial charge is 0.256 e. The highest BCUT2D eigenvalue weighted by atomic mass is 16.5. The summed E-state index contributed by atoms with van der Waals surface area (Å²) in [5.41, 5.74) is 9.30. The molecule has 0 unspecified atom stereocenters. The topological polar surface area (TPSA) is 27.3 Å². The molecule has 2 aromatic heterocycles. The summed E-state index contributed by atoms with van der Waals surface area (Å²) in [6.45, 7) is 0.147. The van der Waals surface area contributed by atoms with E-state index in [0.29, 0.717) is 0 Å². The van der Waals surface area contributed by atoms with Gasteiger partial charge in [-0.05, 0) is 52.8 Å². The van der Waals surface area contributed by atoms with Crippen LogP contribution in [0.2, 0.25) is 0 Å². The van der Waals surface area contributed by atoms with E-state index in [4.69, 9.17) is 9.15 Å². The summed E-state index contributed by atoms with van der Waals surface area (Å²) in [4.78, 5) is 0. The number of para-hydroxylation sites is 3. The van der Waals surface area contributed by atoms with Gasteiger partial charge < -0.3 is 13.7 Å². The lowest BCUT2D eigenvalue weighted by atomic mass is 9.34. The van der Waals surface area contributed by atoms with Crippen LogP contribution in [-0.4, -0.2) is 11.3 Å². The van der Waals surface area contributed by atoms with Gasteiger partial charge in [-0.1, -0.05) is 60.7 Å². The van der Waals surface area contributed by atoms with Crippen molar-refractivity contribution in [1.29, 1.82) is 0 Å². The molecule has 0 spiro atoms. The number of hydrogen-bond acceptors (Lipinski definition) is 2. The molecule has 9 rings (SSSR count). The molecule has 0 atom stereocenters. The molecule has 0 radical (unpaired) electrons. The molecule has 2 aliphatic heterocycles. The fourth-order valence-electron chi connectivity index (χ4n) is 6.38. The Morgan fingerprint density at radius 1 is 0.559 bits per heavy atom. The number of nitrogens with zero attached hydrogens (tertiary/aromatic N) is 1. The SMILES string of the molecule is c1ccc2c(c1)Oc1cccc3c1B2c1cccc2c4ccc5oc6ccccc6c5c4n-3c12. The van der Waals surface area contributed by atoms with Gasteiger partial charge in [-0.2, -0.15) is 0 Å². The Bertz CT molecular complexity index is 2010. The summed E-state index contributed by atoms with van der Waals surface area (Å²) >= 11 is 0. The largest absolute Gasteiger partial charge is 0.458 e. The molecule has 0 N–H and O–H groups in total. The van der Waals surface area contributed by atoms with E-state index in [1.54, 1.807) is 0 Å². The summed E-state index contributed by atoms with van der Waals surface area (Å²) in [6.07, 6.45) is 0. The molecule has 4 heteroatoms. The third-order valence-electron chi connectivity index (χ3n) is 7.65. The van der Waals surface area contributed by atoms with Crippen LogP contribution < -0.4 is 21.1 Å². The van der Waals surface area contributed by atoms with Gasteiger partial charge in [0, 0.05) is 27.4 Å². The Morgan fingerprint density at radius 2 is 1.32 bits per heavy atom. The molecular weight excluding hydrogens is 417 g/mol. The van der Waals surface area contributed by atoms with Crippen molar-refractivity contribution in [3.05, 3.63) is 97.1 Å². The van der Waals surface area contributed by atoms with E-state index in [-0.39, 0.29) is 6.71 Å². The van der Waals surface area contributed by atoms with Crippen molar-refractivity contribution >= 4 is 66.8 Å². The highest BCUT2D eigenvalue weighted by Crippen LogP contribution is 2.42. The van der Waals surface area contributed by atoms with Crippen LogP contribution in [0.25, 0.3) is 49.4 Å². The number of benzene rings is 5. The first-order chi connectivity index (χ1) is 16.9. The van der Waals surface area contributed by atoms with Crippen LogP contribution in [0.1, 0.15) is 0 Å². The van der Waals surface area contributed by atoms with E-state index in [2.05, 4.69) is 95.6 Å². The number of aromatic nitrogens is 1. The summed E-state index contributed by atoms with van der Waals surface area (Å²) in [7, 11) is 0. The summed E-state index contributed by atoms with van der Waals surface area (Å²) in [6, 6.07) is 34.3. The van der Waals surface area contributed by atoms with Crippen LogP contribution in [0.5, 0.6) is 11.5 Å². The van der Waals surface area contributed by atoms with Crippen LogP contribution in [0.15, 0.2) is 101 Å². The average molecular weight is 433 g/mol. The zero-order valence-electron chi connectivity index (χ0n) is 18.1. The maximum Gasteiger partial charge on any atom is 0.256 e. The van der Waals surface area contributed by atoms with E-state index < -0.39 is 0 Å². The third kappa shape index (κ3) is 1.85. The highest BCUT2D eigenvalue weighted by Gasteiger charge is 2.40. The Balaban J connectivity index is 1.57. The molecule has 3 nitrogen and oxygen atoms in total. The zero-order valence-corrected chi connectivity index (χ0v) is 18.1. The van der Waals surface area contributed by atoms with Crippen molar-refractivity contribution in [2.24, 2.45) is 0 Å². The van der Waals surface area contributed by atoms with Crippen LogP contribution in [0.4, 0.5) is 0 Å². The van der Waals surface area contributed by atoms with Crippen LogP contribution >= 0.6 is 0 Å². The summed E-state index contributed by atoms with van der Waals surface area (Å²) < 4.78 is 15.2. The predicted molar refractivity (Wildman–Crippen MR) is 139 cm³/mol. The molecule has 4 heterocycles. The molecule has 5 aromatic carbocycles. The first-order valence-electron chi connectivity index (χ1n) is 11.7. The fourth-order valence-corrected chi connectivity index (χ4v) is 6.38. The van der Waals surface area contributed by atoms with Crippen molar-refractivity contribution in [3.63, 3.8) is 0 Å². The average Bonchev–Trinajstić information content (AvgIpc) is 3.43. The second kappa shape index (κ2) is 5.73. The van der Waals surface area contributed by atoms with E-state index >= 15 is 0 Å². The Labute approximate surface area is 194 Å². The number of fused-ring (bicyclic) bond motifs is 11. The lowest BCUT2D eigenvalue weighted by Crippen LogP contribution is -2.58. The zero-order chi connectivity index (χ0) is 22.0. The fraction of sp³-hybridized carbons (Fsp3) is 0. The van der Waals surface area contributed by atoms with Crippen molar-refractivity contribution in [1.82, 2.24) is 4.57 Å². The van der Waals surface area contributed by atoms with Crippen molar-refractivity contribution in [2.45, 2.75) is 0 Å². The van der Waals surface area contributed by atoms with Gasteiger partial charge in [0.15, 0.2) is 0 Å². The number of furan rings is 1. The normalized spacial score (nSPS) is 13.5. The number of ether oxygens (including phenoxy) is 1. The lowest BCUT2D eigenvalue weighted by Gasteiger charge is -2.33. The standard InChI is InChI=1S/C30H16BNO2/c1-3-12-23-19(7-1)27-25(33-23)16-15-18-17-8-5-10-21-29(17)32(30(18)27)22-11-6-14-26-28(22)31(21)20-9-2-4-13-24(20)34-26/h1-16H. The monoisotopic (exact) mass is 433 g/mol. The van der Waals surface area contributed by atoms with Gasteiger partial charge in [0.1, 0.15) is 22.7 Å². The summed E-state index contributed by atoms with van der Waals surface area (Å²) in [5.74, 6) is 1.89. The van der Waals surface area contributed by atoms with Crippen molar-refractivity contribution < 1.29 is 9.15 Å². The maximum atomic E-state index is 6.43. The molecule has 2 aliphatic rings. The van der Waals surface area contributed by atoms with E-state index in [0.717, 1.165) is 28.1 Å². The van der Waals surface area contributed by atoms with Crippen molar-refractivity contribution in [3.8, 4) is 17.2 Å². The molecule has 0 bridgehead atoms. The minimum atomic E-state index is 0.147. The van der Waals surface area contributed by atoms with E-state index in [9.17, 15) is 0 Å². The molecule has 7 aromatic rings. The Morgan fingerprint density at radius 3 is 2.32 bits per heavy atom. The van der Waals surface area contributed by atoms with Gasteiger partial charge >= 0.3 is 0 Å². The van der Waals surface area contributed by atoms with Crippen LogP contribution in [0, 0.1) is 0 Å². The van der Waals surface area contributed by atoms with Gasteiger partial charge in [-0.25, -0.2) is 0 Å². The summed E-state index contributed by atoms with van der Waals surface area (Å²) in [5, 5.41) is 4.85. The first-order valence-corrected chi connectivity index (χ1v) is 11.7. The third-order valence-corrected chi connectivity index (χ3v) is 7.65. The quantitative estimate of drug-likeness (QED) is 0.291. The second-order valence-electron chi connectivity index (χ2n) is 9.27. The van der Waals surface area contributed by atoms with Crippen LogP contribution in [-0.2, 0) is 0 Å². The van der Waals surface area contributed by atoms with E-state index in [1.807, 2.05) is 6.07 Å². The Hall–Kier alpha value is -4.44. The number of hydrogen-bond donors (Lipinski definition) is 0. The molecule has 0 aliphatic carbocycles. The molecule has 34 heavy (non-hydrogen) atoms. The minimum Gasteiger partial charge on any atom is -0.458 e. The molecular formula is C30H16BNO2. The molecule has 0 fully saturated rings. The van der Waals surface area contributed by atoms with Gasteiger partial charge in [0.25, 0.3) is 6.71 Å². The first kappa shape index (κ1) is 17.1. The maximum absolute atomic E-state index is 6.43. The molecule has 156 valence electrons. The molecule has 0 amide bonds. The van der Waals surface area contributed by atoms with Crippen LogP contribution in [0.3, 0.4) is 0 Å². The lowest BCUT2D eigenvalue weighted by molar-refractivity contribution is 0.487. The van der Waals surface area contributed by atoms with Gasteiger partial charge in [0.05, 0.1) is 10.9 Å². The second-order valence-corrected chi connectivity index (χ2v) is 9.27. The van der Waals surface area contributed by atoms with Gasteiger partial charge in [0.2, 0.25) is 0 Å². The number of rotatable bonds is 0. The van der Waals surface area contributed by atoms with Gasteiger partial charge in [-0.3, -0.25) is 0 Å². The minimum absolute atomic E-state index is 0.147. The Kier molecular flexibility index (Phi) is 2.88. The molecule has 0 saturated carbocycles.